The van der Waals surface area contributed by atoms with Crippen LogP contribution in [0.2, 0.25) is 15.1 Å². The highest BCUT2D eigenvalue weighted by Gasteiger charge is 2.10. The van der Waals surface area contributed by atoms with E-state index in [0.717, 1.165) is 11.1 Å². The number of benzene rings is 3. The van der Waals surface area contributed by atoms with E-state index in [0.29, 0.717) is 27.1 Å². The molecule has 0 aliphatic heterocycles. The van der Waals surface area contributed by atoms with Gasteiger partial charge in [0.25, 0.3) is 0 Å². The average molecular weight is 614 g/mol. The number of ketones is 1. The van der Waals surface area contributed by atoms with Crippen molar-refractivity contribution >= 4 is 52.5 Å². The third-order valence-electron chi connectivity index (χ3n) is 4.83. The standard InChI is InChI=1S/C10H12ClNO2.C9H9ClO.C8H7ClO2.C2H7NO/c1-12(14-2)10(13)7-8-5-3-4-6-9(8)11;1-7(11)6-8-4-2-3-5-9(8)10;9-7-4-2-1-3-6(7)5-8(10)11;1-3-4-2/h3-6H,7H2,1-2H3;2-5H,6H2,1H3;1-4H,5H2,(H,10,11);3H,1-2H3. The number of hydrogen-bond acceptors (Lipinski definition) is 6. The molecule has 1 amide bonds. The summed E-state index contributed by atoms with van der Waals surface area (Å²) in [5.74, 6) is -0.850. The molecule has 8 nitrogen and oxygen atoms in total. The fraction of sp³-hybridized carbons (Fsp3) is 0.276. The van der Waals surface area contributed by atoms with E-state index in [9.17, 15) is 14.4 Å². The highest BCUT2D eigenvalue weighted by molar-refractivity contribution is 6.32. The van der Waals surface area contributed by atoms with E-state index in [-0.39, 0.29) is 24.5 Å². The first kappa shape index (κ1) is 37.0. The molecule has 0 atom stereocenters. The molecule has 0 unspecified atom stereocenters. The van der Waals surface area contributed by atoms with Crippen LogP contribution in [0.15, 0.2) is 72.8 Å². The van der Waals surface area contributed by atoms with Gasteiger partial charge in [0.15, 0.2) is 0 Å². The number of carbonyl (C=O) groups is 3. The highest BCUT2D eigenvalue weighted by Crippen LogP contribution is 2.17. The number of rotatable bonds is 8. The van der Waals surface area contributed by atoms with E-state index in [2.05, 4.69) is 10.3 Å². The highest BCUT2D eigenvalue weighted by atomic mass is 35.5. The Morgan fingerprint density at radius 1 is 0.750 bits per heavy atom. The van der Waals surface area contributed by atoms with Crippen molar-refractivity contribution in [3.05, 3.63) is 105 Å². The summed E-state index contributed by atoms with van der Waals surface area (Å²) >= 11 is 17.4. The summed E-state index contributed by atoms with van der Waals surface area (Å²) in [5, 5.41) is 11.4. The number of Topliss-reactive ketones (excluding diaryl/α,β-unsaturated/α-hetero) is 1. The number of amides is 1. The normalized spacial score (nSPS) is 9.50. The summed E-state index contributed by atoms with van der Waals surface area (Å²) in [6.07, 6.45) is 0.670. The number of hydroxylamine groups is 3. The fourth-order valence-electron chi connectivity index (χ4n) is 2.73. The van der Waals surface area contributed by atoms with Crippen LogP contribution in [-0.4, -0.2) is 56.1 Å². The Bertz CT molecular complexity index is 1130. The molecule has 0 radical (unpaired) electrons. The van der Waals surface area contributed by atoms with Gasteiger partial charge in [-0.2, -0.15) is 0 Å². The Morgan fingerprint density at radius 2 is 1.10 bits per heavy atom. The summed E-state index contributed by atoms with van der Waals surface area (Å²) in [7, 11) is 6.30. The Morgan fingerprint density at radius 3 is 1.40 bits per heavy atom. The number of aliphatic carboxylic acids is 1. The zero-order chi connectivity index (χ0) is 30.5. The Labute approximate surface area is 250 Å². The van der Waals surface area contributed by atoms with Crippen molar-refractivity contribution in [2.45, 2.75) is 26.2 Å². The van der Waals surface area contributed by atoms with Crippen LogP contribution < -0.4 is 5.48 Å². The Hall–Kier alpha value is -2.98. The second-order valence-corrected chi connectivity index (χ2v) is 9.10. The van der Waals surface area contributed by atoms with Gasteiger partial charge in [-0.15, -0.1) is 0 Å². The number of likely N-dealkylation sites (N-methyl/N-ethyl adjacent to an activating group) is 1. The van der Waals surface area contributed by atoms with E-state index in [1.165, 1.54) is 12.2 Å². The average Bonchev–Trinajstić information content (AvgIpc) is 2.92. The number of halogens is 3. The van der Waals surface area contributed by atoms with Crippen molar-refractivity contribution in [3.63, 3.8) is 0 Å². The van der Waals surface area contributed by atoms with Crippen LogP contribution in [0.4, 0.5) is 0 Å². The third-order valence-corrected chi connectivity index (χ3v) is 5.93. The van der Waals surface area contributed by atoms with Crippen molar-refractivity contribution < 1.29 is 29.2 Å². The largest absolute Gasteiger partial charge is 0.481 e. The van der Waals surface area contributed by atoms with Gasteiger partial charge in [0.1, 0.15) is 5.78 Å². The molecule has 3 aromatic rings. The van der Waals surface area contributed by atoms with Crippen LogP contribution in [0.25, 0.3) is 0 Å². The summed E-state index contributed by atoms with van der Waals surface area (Å²) in [6.45, 7) is 1.56. The van der Waals surface area contributed by atoms with Crippen LogP contribution in [0.5, 0.6) is 0 Å². The van der Waals surface area contributed by atoms with Crippen LogP contribution in [0.3, 0.4) is 0 Å². The van der Waals surface area contributed by atoms with Crippen molar-refractivity contribution in [3.8, 4) is 0 Å². The van der Waals surface area contributed by atoms with Gasteiger partial charge in [-0.05, 0) is 41.8 Å². The second kappa shape index (κ2) is 21.8. The first-order valence-electron chi connectivity index (χ1n) is 11.9. The maximum atomic E-state index is 11.4. The lowest BCUT2D eigenvalue weighted by atomic mass is 10.1. The number of hydrogen-bond donors (Lipinski definition) is 2. The predicted molar refractivity (Wildman–Crippen MR) is 160 cm³/mol. The number of carboxylic acid groups (broad SMARTS) is 1. The number of carbonyl (C=O) groups excluding carboxylic acids is 2. The molecule has 0 fully saturated rings. The zero-order valence-corrected chi connectivity index (χ0v) is 25.4. The fourth-order valence-corrected chi connectivity index (χ4v) is 3.34. The van der Waals surface area contributed by atoms with Gasteiger partial charge in [-0.1, -0.05) is 89.4 Å². The first-order chi connectivity index (χ1) is 19.0. The molecule has 11 heteroatoms. The third kappa shape index (κ3) is 16.9. The van der Waals surface area contributed by atoms with E-state index in [4.69, 9.17) is 44.7 Å². The number of carboxylic acids is 1. The SMILES string of the molecule is CC(=O)Cc1ccccc1Cl.CNOC.CON(C)C(=O)Cc1ccccc1Cl.O=C(O)Cc1ccccc1Cl. The van der Waals surface area contributed by atoms with Gasteiger partial charge in [-0.25, -0.2) is 10.5 Å². The topological polar surface area (TPSA) is 105 Å². The van der Waals surface area contributed by atoms with E-state index >= 15 is 0 Å². The van der Waals surface area contributed by atoms with Crippen molar-refractivity contribution in [1.29, 1.82) is 0 Å². The molecule has 0 aromatic heterocycles. The van der Waals surface area contributed by atoms with E-state index in [1.807, 2.05) is 36.4 Å². The lowest BCUT2D eigenvalue weighted by Gasteiger charge is -2.13. The van der Waals surface area contributed by atoms with Gasteiger partial charge < -0.3 is 9.94 Å². The molecule has 0 aliphatic rings. The second-order valence-electron chi connectivity index (χ2n) is 7.88. The van der Waals surface area contributed by atoms with Gasteiger partial charge in [0.2, 0.25) is 5.91 Å². The lowest BCUT2D eigenvalue weighted by molar-refractivity contribution is -0.167. The number of nitrogens with one attached hydrogen (secondary N) is 1. The number of nitrogens with zero attached hydrogens (tertiary/aromatic N) is 1. The van der Waals surface area contributed by atoms with E-state index < -0.39 is 5.97 Å². The van der Waals surface area contributed by atoms with Crippen molar-refractivity contribution in [2.75, 3.05) is 28.3 Å². The first-order valence-corrected chi connectivity index (χ1v) is 13.0. The van der Waals surface area contributed by atoms with Crippen LogP contribution in [0.1, 0.15) is 23.6 Å². The van der Waals surface area contributed by atoms with Crippen LogP contribution in [-0.2, 0) is 43.3 Å². The Balaban J connectivity index is 0.000000538. The van der Waals surface area contributed by atoms with Crippen molar-refractivity contribution in [1.82, 2.24) is 10.5 Å². The van der Waals surface area contributed by atoms with Gasteiger partial charge in [0, 0.05) is 35.6 Å². The molecule has 0 bridgehead atoms. The summed E-state index contributed by atoms with van der Waals surface area (Å²) in [6, 6.07) is 21.6. The van der Waals surface area contributed by atoms with Crippen molar-refractivity contribution in [2.24, 2.45) is 0 Å². The van der Waals surface area contributed by atoms with Gasteiger partial charge in [0.05, 0.1) is 27.1 Å². The molecule has 0 saturated carbocycles. The smallest absolute Gasteiger partial charge is 0.307 e. The molecule has 0 saturated heterocycles. The molecule has 0 heterocycles. The van der Waals surface area contributed by atoms with Gasteiger partial charge >= 0.3 is 5.97 Å². The molecular formula is C29H35Cl3N2O6. The summed E-state index contributed by atoms with van der Waals surface area (Å²) < 4.78 is 0. The van der Waals surface area contributed by atoms with Crippen LogP contribution in [0, 0.1) is 0 Å². The summed E-state index contributed by atoms with van der Waals surface area (Å²) in [4.78, 5) is 41.5. The maximum absolute atomic E-state index is 11.4. The van der Waals surface area contributed by atoms with Gasteiger partial charge in [-0.3, -0.25) is 19.2 Å². The minimum Gasteiger partial charge on any atom is -0.481 e. The summed E-state index contributed by atoms with van der Waals surface area (Å²) in [5.41, 5.74) is 4.80. The molecule has 3 aromatic carbocycles. The molecule has 3 rings (SSSR count). The predicted octanol–water partition coefficient (Wildman–Crippen LogP) is 6.11. The minimum atomic E-state index is -0.863. The van der Waals surface area contributed by atoms with E-state index in [1.54, 1.807) is 64.5 Å². The quantitative estimate of drug-likeness (QED) is 0.296. The molecule has 0 spiro atoms. The zero-order valence-electron chi connectivity index (χ0n) is 23.1. The molecule has 0 aliphatic carbocycles. The maximum Gasteiger partial charge on any atom is 0.307 e. The molecule has 218 valence electrons. The van der Waals surface area contributed by atoms with Crippen LogP contribution >= 0.6 is 34.8 Å². The Kier molecular flexibility index (Phi) is 20.2. The molecule has 2 N–H and O–H groups in total. The monoisotopic (exact) mass is 612 g/mol. The molecule has 40 heavy (non-hydrogen) atoms. The molecular weight excluding hydrogens is 579 g/mol. The minimum absolute atomic E-state index is 0.0142. The lowest BCUT2D eigenvalue weighted by Crippen LogP contribution is -2.26.